The summed E-state index contributed by atoms with van der Waals surface area (Å²) in [7, 11) is 0. The van der Waals surface area contributed by atoms with E-state index in [9.17, 15) is 9.59 Å². The van der Waals surface area contributed by atoms with E-state index in [1.54, 1.807) is 24.4 Å². The van der Waals surface area contributed by atoms with Crippen molar-refractivity contribution in [2.24, 2.45) is 0 Å². The molecule has 0 radical (unpaired) electrons. The number of piperidine rings is 1. The first-order valence-corrected chi connectivity index (χ1v) is 9.79. The van der Waals surface area contributed by atoms with Crippen molar-refractivity contribution < 1.29 is 4.79 Å². The fourth-order valence-corrected chi connectivity index (χ4v) is 3.76. The first-order chi connectivity index (χ1) is 13.6. The molecule has 0 atom stereocenters. The molecule has 1 fully saturated rings. The van der Waals surface area contributed by atoms with E-state index in [4.69, 9.17) is 11.6 Å². The summed E-state index contributed by atoms with van der Waals surface area (Å²) in [5.74, 6) is -0.314. The van der Waals surface area contributed by atoms with Crippen molar-refractivity contribution in [3.8, 4) is 0 Å². The zero-order chi connectivity index (χ0) is 19.5. The molecule has 0 spiro atoms. The Bertz CT molecular complexity index is 1070. The number of rotatable bonds is 4. The SMILES string of the molecule is O=C(Cn1ncc2ccccc2c1=O)Nc1cc(Cl)ccc1N1CCCCC1. The highest BCUT2D eigenvalue weighted by Crippen LogP contribution is 2.31. The summed E-state index contributed by atoms with van der Waals surface area (Å²) >= 11 is 6.15. The van der Waals surface area contributed by atoms with Crippen molar-refractivity contribution >= 4 is 39.7 Å². The molecule has 3 aromatic rings. The lowest BCUT2D eigenvalue weighted by Crippen LogP contribution is -2.32. The molecule has 28 heavy (non-hydrogen) atoms. The van der Waals surface area contributed by atoms with E-state index < -0.39 is 0 Å². The molecule has 6 nitrogen and oxygen atoms in total. The van der Waals surface area contributed by atoms with Crippen LogP contribution in [0.15, 0.2) is 53.5 Å². The maximum absolute atomic E-state index is 12.6. The third-order valence-electron chi connectivity index (χ3n) is 4.98. The lowest BCUT2D eigenvalue weighted by Gasteiger charge is -2.30. The van der Waals surface area contributed by atoms with Crippen LogP contribution < -0.4 is 15.8 Å². The number of anilines is 2. The summed E-state index contributed by atoms with van der Waals surface area (Å²) in [5, 5.41) is 8.88. The number of hydrogen-bond acceptors (Lipinski definition) is 4. The number of benzene rings is 2. The first-order valence-electron chi connectivity index (χ1n) is 9.41. The molecule has 7 heteroatoms. The van der Waals surface area contributed by atoms with E-state index >= 15 is 0 Å². The largest absolute Gasteiger partial charge is 0.370 e. The zero-order valence-electron chi connectivity index (χ0n) is 15.4. The average molecular weight is 397 g/mol. The van der Waals surface area contributed by atoms with Crippen LogP contribution in [0.3, 0.4) is 0 Å². The Labute approximate surface area is 167 Å². The summed E-state index contributed by atoms with van der Waals surface area (Å²) in [6.07, 6.45) is 5.09. The number of aromatic nitrogens is 2. The van der Waals surface area contributed by atoms with Crippen molar-refractivity contribution in [3.63, 3.8) is 0 Å². The van der Waals surface area contributed by atoms with Crippen LogP contribution >= 0.6 is 11.6 Å². The molecule has 0 saturated carbocycles. The molecule has 1 N–H and O–H groups in total. The molecular weight excluding hydrogens is 376 g/mol. The normalized spacial score (nSPS) is 14.2. The fourth-order valence-electron chi connectivity index (χ4n) is 3.59. The lowest BCUT2D eigenvalue weighted by atomic mass is 10.1. The minimum Gasteiger partial charge on any atom is -0.370 e. The molecule has 1 amide bonds. The molecule has 0 aliphatic carbocycles. The highest BCUT2D eigenvalue weighted by molar-refractivity contribution is 6.31. The minimum absolute atomic E-state index is 0.157. The quantitative estimate of drug-likeness (QED) is 0.730. The van der Waals surface area contributed by atoms with Gasteiger partial charge in [0.05, 0.1) is 23.0 Å². The van der Waals surface area contributed by atoms with Gasteiger partial charge in [-0.1, -0.05) is 29.8 Å². The van der Waals surface area contributed by atoms with Crippen LogP contribution in [0, 0.1) is 0 Å². The van der Waals surface area contributed by atoms with Gasteiger partial charge in [-0.3, -0.25) is 9.59 Å². The molecule has 0 bridgehead atoms. The van der Waals surface area contributed by atoms with E-state index in [-0.39, 0.29) is 18.0 Å². The molecular formula is C21H21ClN4O2. The van der Waals surface area contributed by atoms with Gasteiger partial charge in [0.15, 0.2) is 0 Å². The van der Waals surface area contributed by atoms with Crippen molar-refractivity contribution in [1.29, 1.82) is 0 Å². The molecule has 1 saturated heterocycles. The van der Waals surface area contributed by atoms with Crippen LogP contribution in [-0.4, -0.2) is 28.8 Å². The topological polar surface area (TPSA) is 67.2 Å². The monoisotopic (exact) mass is 396 g/mol. The summed E-state index contributed by atoms with van der Waals surface area (Å²) in [6, 6.07) is 12.7. The Morgan fingerprint density at radius 1 is 1.11 bits per heavy atom. The van der Waals surface area contributed by atoms with E-state index in [0.29, 0.717) is 16.1 Å². The number of carbonyl (C=O) groups is 1. The second-order valence-electron chi connectivity index (χ2n) is 6.95. The van der Waals surface area contributed by atoms with Gasteiger partial charge in [0, 0.05) is 23.5 Å². The summed E-state index contributed by atoms with van der Waals surface area (Å²) < 4.78 is 1.18. The van der Waals surface area contributed by atoms with Gasteiger partial charge in [0.1, 0.15) is 6.54 Å². The van der Waals surface area contributed by atoms with Gasteiger partial charge in [0.2, 0.25) is 5.91 Å². The van der Waals surface area contributed by atoms with Crippen LogP contribution in [0.5, 0.6) is 0 Å². The average Bonchev–Trinajstić information content (AvgIpc) is 2.71. The highest BCUT2D eigenvalue weighted by atomic mass is 35.5. The summed E-state index contributed by atoms with van der Waals surface area (Å²) in [5.41, 5.74) is 1.33. The van der Waals surface area contributed by atoms with Crippen LogP contribution in [0.25, 0.3) is 10.8 Å². The third-order valence-corrected chi connectivity index (χ3v) is 5.22. The number of nitrogens with one attached hydrogen (secondary N) is 1. The van der Waals surface area contributed by atoms with Gasteiger partial charge >= 0.3 is 0 Å². The number of carbonyl (C=O) groups excluding carboxylic acids is 1. The molecule has 2 heterocycles. The molecule has 4 rings (SSSR count). The highest BCUT2D eigenvalue weighted by Gasteiger charge is 2.17. The minimum atomic E-state index is -0.314. The van der Waals surface area contributed by atoms with Crippen molar-refractivity contribution in [3.05, 3.63) is 64.0 Å². The predicted octanol–water partition coefficient (Wildman–Crippen LogP) is 3.68. The van der Waals surface area contributed by atoms with Gasteiger partial charge < -0.3 is 10.2 Å². The van der Waals surface area contributed by atoms with Crippen LogP contribution in [0.4, 0.5) is 11.4 Å². The van der Waals surface area contributed by atoms with Crippen LogP contribution in [0.2, 0.25) is 5.02 Å². The molecule has 1 aromatic heterocycles. The van der Waals surface area contributed by atoms with Crippen molar-refractivity contribution in [1.82, 2.24) is 9.78 Å². The first kappa shape index (κ1) is 18.5. The van der Waals surface area contributed by atoms with Crippen molar-refractivity contribution in [2.45, 2.75) is 25.8 Å². The van der Waals surface area contributed by atoms with Gasteiger partial charge in [0.25, 0.3) is 5.56 Å². The molecule has 144 valence electrons. The fraction of sp³-hybridized carbons (Fsp3) is 0.286. The molecule has 2 aromatic carbocycles. The second-order valence-corrected chi connectivity index (χ2v) is 7.39. The van der Waals surface area contributed by atoms with Gasteiger partial charge in [-0.25, -0.2) is 4.68 Å². The standard InChI is InChI=1S/C21H21ClN4O2/c22-16-8-9-19(25-10-4-1-5-11-25)18(12-16)24-20(27)14-26-21(28)17-7-3-2-6-15(17)13-23-26/h2-3,6-9,12-13H,1,4-5,10-11,14H2,(H,24,27). The van der Waals surface area contributed by atoms with Gasteiger partial charge in [-0.05, 0) is 43.5 Å². The van der Waals surface area contributed by atoms with Gasteiger partial charge in [-0.15, -0.1) is 0 Å². The predicted molar refractivity (Wildman–Crippen MR) is 112 cm³/mol. The Kier molecular flexibility index (Phi) is 5.30. The maximum atomic E-state index is 12.6. The lowest BCUT2D eigenvalue weighted by molar-refractivity contribution is -0.117. The second kappa shape index (κ2) is 8.02. The Morgan fingerprint density at radius 3 is 2.71 bits per heavy atom. The smallest absolute Gasteiger partial charge is 0.275 e. The van der Waals surface area contributed by atoms with E-state index in [2.05, 4.69) is 15.3 Å². The van der Waals surface area contributed by atoms with E-state index in [1.807, 2.05) is 24.3 Å². The number of fused-ring (bicyclic) bond motifs is 1. The van der Waals surface area contributed by atoms with E-state index in [1.165, 1.54) is 11.1 Å². The van der Waals surface area contributed by atoms with E-state index in [0.717, 1.165) is 37.0 Å². The number of hydrogen-bond donors (Lipinski definition) is 1. The molecule has 1 aliphatic heterocycles. The van der Waals surface area contributed by atoms with Crippen molar-refractivity contribution in [2.75, 3.05) is 23.3 Å². The number of nitrogens with zero attached hydrogens (tertiary/aromatic N) is 3. The summed E-state index contributed by atoms with van der Waals surface area (Å²) in [4.78, 5) is 27.5. The van der Waals surface area contributed by atoms with Crippen LogP contribution in [0.1, 0.15) is 19.3 Å². The number of halogens is 1. The van der Waals surface area contributed by atoms with Crippen LogP contribution in [-0.2, 0) is 11.3 Å². The van der Waals surface area contributed by atoms with Gasteiger partial charge in [-0.2, -0.15) is 5.10 Å². The Morgan fingerprint density at radius 2 is 1.89 bits per heavy atom. The molecule has 0 unspecified atom stereocenters. The Hall–Kier alpha value is -2.86. The summed E-state index contributed by atoms with van der Waals surface area (Å²) in [6.45, 7) is 1.75. The number of amides is 1. The Balaban J connectivity index is 1.56. The zero-order valence-corrected chi connectivity index (χ0v) is 16.2. The third kappa shape index (κ3) is 3.87. The maximum Gasteiger partial charge on any atom is 0.275 e. The molecule has 1 aliphatic rings.